The van der Waals surface area contributed by atoms with Crippen LogP contribution in [0.25, 0.3) is 16.6 Å². The number of thioether (sulfide) groups is 1. The van der Waals surface area contributed by atoms with Gasteiger partial charge in [-0.3, -0.25) is 28.0 Å². The van der Waals surface area contributed by atoms with Crippen LogP contribution in [0, 0.1) is 12.7 Å². The molecule has 0 saturated heterocycles. The number of aromatic nitrogens is 3. The van der Waals surface area contributed by atoms with E-state index in [1.54, 1.807) is 12.1 Å². The van der Waals surface area contributed by atoms with E-state index in [1.165, 1.54) is 65.2 Å². The zero-order valence-corrected chi connectivity index (χ0v) is 22.8. The van der Waals surface area contributed by atoms with Crippen molar-refractivity contribution in [1.82, 2.24) is 13.7 Å². The number of nitrogens with one attached hydrogen (secondary N) is 2. The Kier molecular flexibility index (Phi) is 6.64. The number of aryl methyl sites for hydroxylation is 1. The van der Waals surface area contributed by atoms with E-state index in [1.807, 2.05) is 6.26 Å². The van der Waals surface area contributed by atoms with Crippen molar-refractivity contribution in [3.05, 3.63) is 85.0 Å². The lowest BCUT2D eigenvalue weighted by Crippen LogP contribution is -2.41. The summed E-state index contributed by atoms with van der Waals surface area (Å²) in [5.41, 5.74) is -1.35. The van der Waals surface area contributed by atoms with Crippen LogP contribution >= 0.6 is 11.8 Å². The predicted octanol–water partition coefficient (Wildman–Crippen LogP) is 2.71. The first-order chi connectivity index (χ1) is 18.4. The molecule has 39 heavy (non-hydrogen) atoms. The first-order valence-electron chi connectivity index (χ1n) is 11.8. The van der Waals surface area contributed by atoms with Gasteiger partial charge in [0, 0.05) is 23.5 Å². The second kappa shape index (κ2) is 9.70. The standard InChI is InChI=1S/C25H25FN6O5S2/c1-13-21-20(22(30(2)23(13)33)28-19-10-9-17(38-3)12-18(19)26)24(34)32(15-7-8-15)25(35)31(21)16-6-4-5-14(11-16)29-39(27,36)37/h4-6,9-12,15,28-29H,7-8H2,1-3H3,(H2,27,36,37). The fourth-order valence-corrected chi connectivity index (χ4v) is 5.46. The highest BCUT2D eigenvalue weighted by Gasteiger charge is 2.31. The molecule has 4 aromatic rings. The van der Waals surface area contributed by atoms with Gasteiger partial charge in [-0.05, 0) is 62.4 Å². The lowest BCUT2D eigenvalue weighted by Gasteiger charge is -2.21. The van der Waals surface area contributed by atoms with Gasteiger partial charge >= 0.3 is 5.69 Å². The fourth-order valence-electron chi connectivity index (χ4n) is 4.58. The minimum absolute atomic E-state index is 0.0132. The fraction of sp³-hybridized carbons (Fsp3) is 0.240. The largest absolute Gasteiger partial charge is 0.338 e. The maximum absolute atomic E-state index is 15.0. The Morgan fingerprint density at radius 3 is 2.41 bits per heavy atom. The van der Waals surface area contributed by atoms with Crippen molar-refractivity contribution in [2.24, 2.45) is 12.2 Å². The van der Waals surface area contributed by atoms with Crippen LogP contribution in [0.5, 0.6) is 0 Å². The Morgan fingerprint density at radius 1 is 1.08 bits per heavy atom. The SMILES string of the molecule is CSc1ccc(Nc2c3c(=O)n(C4CC4)c(=O)n(-c4cccc(NS(N)(=O)=O)c4)c3c(C)c(=O)n2C)c(F)c1. The molecule has 2 aromatic carbocycles. The van der Waals surface area contributed by atoms with E-state index in [-0.39, 0.29) is 45.4 Å². The summed E-state index contributed by atoms with van der Waals surface area (Å²) in [6.07, 6.45) is 3.05. The molecule has 1 aliphatic rings. The van der Waals surface area contributed by atoms with Crippen LogP contribution in [-0.4, -0.2) is 28.4 Å². The number of nitrogens with two attached hydrogens (primary N) is 1. The summed E-state index contributed by atoms with van der Waals surface area (Å²) in [6, 6.07) is 10.1. The van der Waals surface area contributed by atoms with Gasteiger partial charge in [-0.15, -0.1) is 11.8 Å². The van der Waals surface area contributed by atoms with E-state index in [9.17, 15) is 27.2 Å². The number of fused-ring (bicyclic) bond motifs is 1. The molecule has 1 aliphatic carbocycles. The number of nitrogens with zero attached hydrogens (tertiary/aromatic N) is 3. The third-order valence-corrected chi connectivity index (χ3v) is 7.79. The Morgan fingerprint density at radius 2 is 1.79 bits per heavy atom. The number of halogens is 1. The molecule has 1 saturated carbocycles. The van der Waals surface area contributed by atoms with Gasteiger partial charge in [0.05, 0.1) is 22.6 Å². The minimum atomic E-state index is -4.11. The van der Waals surface area contributed by atoms with Crippen LogP contribution in [-0.2, 0) is 17.3 Å². The number of pyridine rings is 1. The number of benzene rings is 2. The lowest BCUT2D eigenvalue weighted by molar-refractivity contribution is 0.603. The molecule has 1 fully saturated rings. The molecule has 0 bridgehead atoms. The first kappa shape index (κ1) is 26.7. The molecule has 2 heterocycles. The zero-order valence-electron chi connectivity index (χ0n) is 21.2. The van der Waals surface area contributed by atoms with Crippen LogP contribution in [0.1, 0.15) is 24.4 Å². The van der Waals surface area contributed by atoms with Crippen LogP contribution in [0.4, 0.5) is 21.6 Å². The van der Waals surface area contributed by atoms with Crippen molar-refractivity contribution < 1.29 is 12.8 Å². The Hall–Kier alpha value is -3.88. The van der Waals surface area contributed by atoms with Gasteiger partial charge in [-0.25, -0.2) is 14.3 Å². The summed E-state index contributed by atoms with van der Waals surface area (Å²) in [5.74, 6) is -0.566. The van der Waals surface area contributed by atoms with Crippen molar-refractivity contribution in [2.75, 3.05) is 16.3 Å². The molecule has 4 N–H and O–H groups in total. The van der Waals surface area contributed by atoms with E-state index in [0.29, 0.717) is 17.7 Å². The van der Waals surface area contributed by atoms with Crippen LogP contribution in [0.15, 0.2) is 61.7 Å². The summed E-state index contributed by atoms with van der Waals surface area (Å²) >= 11 is 1.36. The molecule has 204 valence electrons. The van der Waals surface area contributed by atoms with Crippen LogP contribution in [0.3, 0.4) is 0 Å². The van der Waals surface area contributed by atoms with Gasteiger partial charge in [0.15, 0.2) is 0 Å². The maximum atomic E-state index is 15.0. The van der Waals surface area contributed by atoms with Crippen molar-refractivity contribution in [3.63, 3.8) is 0 Å². The molecule has 11 nitrogen and oxygen atoms in total. The van der Waals surface area contributed by atoms with E-state index in [0.717, 1.165) is 4.57 Å². The van der Waals surface area contributed by atoms with Gasteiger partial charge < -0.3 is 5.32 Å². The van der Waals surface area contributed by atoms with Crippen molar-refractivity contribution in [1.29, 1.82) is 0 Å². The molecule has 0 atom stereocenters. The summed E-state index contributed by atoms with van der Waals surface area (Å²) in [7, 11) is -2.65. The molecule has 5 rings (SSSR count). The summed E-state index contributed by atoms with van der Waals surface area (Å²) < 4.78 is 43.9. The molecule has 2 aromatic heterocycles. The van der Waals surface area contributed by atoms with Crippen molar-refractivity contribution >= 4 is 50.1 Å². The Bertz CT molecular complexity index is 1940. The molecule has 0 radical (unpaired) electrons. The smallest absolute Gasteiger partial charge is 0.336 e. The highest BCUT2D eigenvalue weighted by Crippen LogP contribution is 2.34. The predicted molar refractivity (Wildman–Crippen MR) is 150 cm³/mol. The zero-order chi connectivity index (χ0) is 28.2. The van der Waals surface area contributed by atoms with Gasteiger partial charge in [0.25, 0.3) is 21.3 Å². The first-order valence-corrected chi connectivity index (χ1v) is 14.6. The Balaban J connectivity index is 1.88. The summed E-state index contributed by atoms with van der Waals surface area (Å²) in [6.45, 7) is 1.49. The molecule has 0 aliphatic heterocycles. The Labute approximate surface area is 226 Å². The normalized spacial score (nSPS) is 13.6. The molecule has 0 unspecified atom stereocenters. The highest BCUT2D eigenvalue weighted by molar-refractivity contribution is 7.98. The second-order valence-electron chi connectivity index (χ2n) is 9.25. The summed E-state index contributed by atoms with van der Waals surface area (Å²) in [5, 5.41) is 8.04. The summed E-state index contributed by atoms with van der Waals surface area (Å²) in [4.78, 5) is 41.7. The van der Waals surface area contributed by atoms with Gasteiger partial charge in [-0.1, -0.05) is 6.07 Å². The second-order valence-corrected chi connectivity index (χ2v) is 11.4. The lowest BCUT2D eigenvalue weighted by atomic mass is 10.1. The van der Waals surface area contributed by atoms with E-state index in [2.05, 4.69) is 10.0 Å². The van der Waals surface area contributed by atoms with Crippen LogP contribution in [0.2, 0.25) is 0 Å². The van der Waals surface area contributed by atoms with E-state index >= 15 is 0 Å². The molecule has 14 heteroatoms. The molecular weight excluding hydrogens is 547 g/mol. The van der Waals surface area contributed by atoms with Crippen LogP contribution < -0.4 is 32.0 Å². The van der Waals surface area contributed by atoms with Crippen molar-refractivity contribution in [2.45, 2.75) is 30.7 Å². The monoisotopic (exact) mass is 572 g/mol. The number of rotatable bonds is 7. The average molecular weight is 573 g/mol. The number of hydrogen-bond acceptors (Lipinski definition) is 7. The van der Waals surface area contributed by atoms with E-state index in [4.69, 9.17) is 5.14 Å². The third kappa shape index (κ3) is 4.86. The topological polar surface area (TPSA) is 150 Å². The molecular formula is C25H25FN6O5S2. The average Bonchev–Trinajstić information content (AvgIpc) is 3.70. The van der Waals surface area contributed by atoms with Gasteiger partial charge in [0.2, 0.25) is 0 Å². The van der Waals surface area contributed by atoms with Gasteiger partial charge in [-0.2, -0.15) is 8.42 Å². The quantitative estimate of drug-likeness (QED) is 0.288. The minimum Gasteiger partial charge on any atom is -0.338 e. The third-order valence-electron chi connectivity index (χ3n) is 6.55. The highest BCUT2D eigenvalue weighted by atomic mass is 32.2. The number of anilines is 3. The van der Waals surface area contributed by atoms with Gasteiger partial charge in [0.1, 0.15) is 17.0 Å². The number of hydrogen-bond donors (Lipinski definition) is 3. The molecule has 0 spiro atoms. The maximum Gasteiger partial charge on any atom is 0.336 e. The molecule has 0 amide bonds. The van der Waals surface area contributed by atoms with E-state index < -0.39 is 32.8 Å². The van der Waals surface area contributed by atoms with Crippen molar-refractivity contribution in [3.8, 4) is 5.69 Å².